The molecule has 1 aromatic rings. The van der Waals surface area contributed by atoms with Gasteiger partial charge in [-0.15, -0.1) is 0 Å². The monoisotopic (exact) mass is 313 g/mol. The van der Waals surface area contributed by atoms with Gasteiger partial charge in [-0.1, -0.05) is 71.4 Å². The standard InChI is InChI=1S/C17H16BrN/c1-17-10-19-16(13-4-2-3-5-14(13)17)8-11-6-7-12(18)9-15(11)17/h2-9,11,15,19H,10H2,1H3. The fourth-order valence-corrected chi connectivity index (χ4v) is 4.19. The van der Waals surface area contributed by atoms with Crippen molar-refractivity contribution < 1.29 is 0 Å². The van der Waals surface area contributed by atoms with Crippen LogP contribution in [0.2, 0.25) is 0 Å². The van der Waals surface area contributed by atoms with Gasteiger partial charge in [-0.2, -0.15) is 0 Å². The van der Waals surface area contributed by atoms with Crippen molar-refractivity contribution in [1.29, 1.82) is 0 Å². The van der Waals surface area contributed by atoms with Crippen LogP contribution in [0, 0.1) is 11.8 Å². The molecule has 19 heavy (non-hydrogen) atoms. The molecule has 1 N–H and O–H groups in total. The van der Waals surface area contributed by atoms with Gasteiger partial charge in [0, 0.05) is 33.6 Å². The first-order valence-corrected chi connectivity index (χ1v) is 7.59. The molecule has 0 spiro atoms. The Balaban J connectivity index is 2.00. The predicted molar refractivity (Wildman–Crippen MR) is 82.9 cm³/mol. The van der Waals surface area contributed by atoms with Gasteiger partial charge in [-0.3, -0.25) is 0 Å². The van der Waals surface area contributed by atoms with Gasteiger partial charge < -0.3 is 5.32 Å². The summed E-state index contributed by atoms with van der Waals surface area (Å²) in [5, 5.41) is 3.63. The van der Waals surface area contributed by atoms with E-state index in [1.165, 1.54) is 21.3 Å². The topological polar surface area (TPSA) is 12.0 Å². The van der Waals surface area contributed by atoms with E-state index in [1.54, 1.807) is 0 Å². The van der Waals surface area contributed by atoms with E-state index in [1.807, 2.05) is 0 Å². The number of hydrogen-bond acceptors (Lipinski definition) is 1. The van der Waals surface area contributed by atoms with Crippen LogP contribution in [-0.2, 0) is 5.41 Å². The SMILES string of the molecule is CC12CNC(=CC3C=CC(Br)=CC31)c1ccccc12. The minimum atomic E-state index is 0.154. The van der Waals surface area contributed by atoms with Crippen molar-refractivity contribution in [3.63, 3.8) is 0 Å². The second kappa shape index (κ2) is 3.86. The molecular formula is C17H16BrN. The summed E-state index contributed by atoms with van der Waals surface area (Å²) in [7, 11) is 0. The lowest BCUT2D eigenvalue weighted by atomic mass is 9.65. The Hall–Kier alpha value is -1.28. The highest BCUT2D eigenvalue weighted by Crippen LogP contribution is 2.49. The van der Waals surface area contributed by atoms with E-state index in [2.05, 4.69) is 76.7 Å². The van der Waals surface area contributed by atoms with Crippen LogP contribution in [0.25, 0.3) is 5.70 Å². The Morgan fingerprint density at radius 3 is 3.00 bits per heavy atom. The second-order valence-electron chi connectivity index (χ2n) is 5.91. The minimum absolute atomic E-state index is 0.154. The molecule has 0 radical (unpaired) electrons. The van der Waals surface area contributed by atoms with Crippen molar-refractivity contribution in [1.82, 2.24) is 5.32 Å². The fraction of sp³-hybridized carbons (Fsp3) is 0.294. The molecule has 2 heteroatoms. The lowest BCUT2D eigenvalue weighted by molar-refractivity contribution is 0.310. The van der Waals surface area contributed by atoms with Crippen LogP contribution in [0.1, 0.15) is 18.1 Å². The van der Waals surface area contributed by atoms with Gasteiger partial charge in [0.25, 0.3) is 0 Å². The van der Waals surface area contributed by atoms with E-state index in [9.17, 15) is 0 Å². The number of nitrogens with one attached hydrogen (secondary N) is 1. The van der Waals surface area contributed by atoms with Crippen molar-refractivity contribution in [2.75, 3.05) is 6.54 Å². The van der Waals surface area contributed by atoms with Crippen LogP contribution < -0.4 is 5.32 Å². The second-order valence-corrected chi connectivity index (χ2v) is 6.83. The van der Waals surface area contributed by atoms with Crippen LogP contribution in [0.3, 0.4) is 0 Å². The molecule has 3 unspecified atom stereocenters. The smallest absolute Gasteiger partial charge is 0.0382 e. The summed E-state index contributed by atoms with van der Waals surface area (Å²) < 4.78 is 1.20. The first-order chi connectivity index (χ1) is 9.18. The molecule has 0 saturated carbocycles. The average molecular weight is 314 g/mol. The number of benzene rings is 1. The third-order valence-corrected chi connectivity index (χ3v) is 5.33. The molecule has 2 bridgehead atoms. The Morgan fingerprint density at radius 2 is 2.11 bits per heavy atom. The molecule has 5 rings (SSSR count). The van der Waals surface area contributed by atoms with Crippen molar-refractivity contribution in [3.05, 3.63) is 64.2 Å². The lowest BCUT2D eigenvalue weighted by Crippen LogP contribution is -2.44. The maximum Gasteiger partial charge on any atom is 0.0382 e. The summed E-state index contributed by atoms with van der Waals surface area (Å²) in [6.45, 7) is 3.41. The zero-order chi connectivity index (χ0) is 13.0. The Labute approximate surface area is 122 Å². The van der Waals surface area contributed by atoms with Crippen LogP contribution in [0.15, 0.2) is 53.1 Å². The summed E-state index contributed by atoms with van der Waals surface area (Å²) in [5.41, 5.74) is 4.32. The number of allylic oxidation sites excluding steroid dienone is 5. The summed E-state index contributed by atoms with van der Waals surface area (Å²) in [6.07, 6.45) is 9.28. The van der Waals surface area contributed by atoms with E-state index in [-0.39, 0.29) is 5.41 Å². The molecule has 2 aliphatic carbocycles. The molecule has 0 aromatic heterocycles. The number of hydrogen-bond donors (Lipinski definition) is 1. The van der Waals surface area contributed by atoms with Crippen molar-refractivity contribution in [2.24, 2.45) is 11.8 Å². The first kappa shape index (κ1) is 11.5. The summed E-state index contributed by atoms with van der Waals surface area (Å²) in [5.74, 6) is 1.00. The molecule has 0 fully saturated rings. The quantitative estimate of drug-likeness (QED) is 0.764. The van der Waals surface area contributed by atoms with E-state index in [0.717, 1.165) is 6.54 Å². The van der Waals surface area contributed by atoms with Crippen LogP contribution >= 0.6 is 15.9 Å². The normalized spacial score (nSPS) is 34.6. The molecule has 1 nitrogen and oxygen atoms in total. The Kier molecular flexibility index (Phi) is 2.34. The lowest BCUT2D eigenvalue weighted by Gasteiger charge is -2.42. The molecule has 2 aliphatic heterocycles. The number of rotatable bonds is 0. The highest BCUT2D eigenvalue weighted by molar-refractivity contribution is 9.11. The zero-order valence-electron chi connectivity index (χ0n) is 10.9. The maximum atomic E-state index is 3.64. The van der Waals surface area contributed by atoms with Crippen LogP contribution in [0.5, 0.6) is 0 Å². The van der Waals surface area contributed by atoms with E-state index in [0.29, 0.717) is 11.8 Å². The molecular weight excluding hydrogens is 298 g/mol. The molecule has 2 heterocycles. The predicted octanol–water partition coefficient (Wildman–Crippen LogP) is 3.98. The van der Waals surface area contributed by atoms with Gasteiger partial charge in [0.15, 0.2) is 0 Å². The van der Waals surface area contributed by atoms with Gasteiger partial charge in [-0.05, 0) is 11.5 Å². The average Bonchev–Trinajstić information content (AvgIpc) is 2.63. The van der Waals surface area contributed by atoms with Crippen molar-refractivity contribution in [3.8, 4) is 0 Å². The van der Waals surface area contributed by atoms with Crippen LogP contribution in [0.4, 0.5) is 0 Å². The highest BCUT2D eigenvalue weighted by atomic mass is 79.9. The van der Waals surface area contributed by atoms with Crippen molar-refractivity contribution >= 4 is 21.6 Å². The maximum absolute atomic E-state index is 3.64. The summed E-state index contributed by atoms with van der Waals surface area (Å²) in [6, 6.07) is 8.84. The largest absolute Gasteiger partial charge is 0.384 e. The van der Waals surface area contributed by atoms with Crippen LogP contribution in [-0.4, -0.2) is 6.54 Å². The Morgan fingerprint density at radius 1 is 1.26 bits per heavy atom. The number of halogens is 1. The number of fused-ring (bicyclic) bond motifs is 1. The molecule has 4 aliphatic rings. The third-order valence-electron chi connectivity index (χ3n) is 4.80. The molecule has 0 amide bonds. The van der Waals surface area contributed by atoms with E-state index < -0.39 is 0 Å². The van der Waals surface area contributed by atoms with Gasteiger partial charge in [0.1, 0.15) is 0 Å². The van der Waals surface area contributed by atoms with Gasteiger partial charge >= 0.3 is 0 Å². The van der Waals surface area contributed by atoms with Gasteiger partial charge in [0.2, 0.25) is 0 Å². The minimum Gasteiger partial charge on any atom is -0.384 e. The zero-order valence-corrected chi connectivity index (χ0v) is 12.4. The first-order valence-electron chi connectivity index (χ1n) is 6.79. The third kappa shape index (κ3) is 1.53. The Bertz CT molecular complexity index is 640. The summed E-state index contributed by atoms with van der Waals surface area (Å²) >= 11 is 3.64. The molecule has 96 valence electrons. The molecule has 1 aromatic carbocycles. The van der Waals surface area contributed by atoms with E-state index in [4.69, 9.17) is 0 Å². The van der Waals surface area contributed by atoms with Gasteiger partial charge in [0.05, 0.1) is 0 Å². The molecule has 3 atom stereocenters. The summed E-state index contributed by atoms with van der Waals surface area (Å²) in [4.78, 5) is 0. The van der Waals surface area contributed by atoms with Crippen molar-refractivity contribution in [2.45, 2.75) is 12.3 Å². The van der Waals surface area contributed by atoms with Gasteiger partial charge in [-0.25, -0.2) is 0 Å². The molecule has 0 saturated heterocycles. The fourth-order valence-electron chi connectivity index (χ4n) is 3.75. The van der Waals surface area contributed by atoms with E-state index >= 15 is 0 Å². The highest BCUT2D eigenvalue weighted by Gasteiger charge is 2.45.